The molecule has 1 amide bonds. The van der Waals surface area contributed by atoms with Gasteiger partial charge in [-0.25, -0.2) is 13.6 Å². The van der Waals surface area contributed by atoms with Gasteiger partial charge in [0.05, 0.1) is 22.0 Å². The fraction of sp³-hybridized carbons (Fsp3) is 0.235. The van der Waals surface area contributed by atoms with E-state index in [0.717, 1.165) is 10.5 Å². The zero-order valence-corrected chi connectivity index (χ0v) is 15.9. The maximum absolute atomic E-state index is 12.3. The van der Waals surface area contributed by atoms with Gasteiger partial charge in [0.25, 0.3) is 0 Å². The van der Waals surface area contributed by atoms with Crippen LogP contribution in [0.5, 0.6) is 0 Å². The Labute approximate surface area is 152 Å². The average Bonchev–Trinajstić information content (AvgIpc) is 2.53. The van der Waals surface area contributed by atoms with Crippen LogP contribution in [0.25, 0.3) is 0 Å². The summed E-state index contributed by atoms with van der Waals surface area (Å²) in [7, 11) is -0.221. The molecule has 0 radical (unpaired) electrons. The molecule has 0 atom stereocenters. The van der Waals surface area contributed by atoms with E-state index in [9.17, 15) is 13.2 Å². The third-order valence-corrected chi connectivity index (χ3v) is 5.59. The number of nitrogens with two attached hydrogens (primary N) is 1. The van der Waals surface area contributed by atoms with Gasteiger partial charge < -0.3 is 10.2 Å². The van der Waals surface area contributed by atoms with Crippen molar-refractivity contribution in [3.63, 3.8) is 0 Å². The van der Waals surface area contributed by atoms with Gasteiger partial charge in [0.1, 0.15) is 0 Å². The van der Waals surface area contributed by atoms with Gasteiger partial charge >= 0.3 is 0 Å². The number of thioether (sulfide) groups is 1. The summed E-state index contributed by atoms with van der Waals surface area (Å²) < 4.78 is 23.1. The molecule has 0 heterocycles. The van der Waals surface area contributed by atoms with Gasteiger partial charge in [-0.3, -0.25) is 4.79 Å². The molecule has 0 aromatic heterocycles. The van der Waals surface area contributed by atoms with E-state index in [0.29, 0.717) is 11.4 Å². The Morgan fingerprint density at radius 2 is 1.88 bits per heavy atom. The number of aryl methyl sites for hydroxylation is 1. The lowest BCUT2D eigenvalue weighted by molar-refractivity contribution is -0.113. The number of anilines is 2. The highest BCUT2D eigenvalue weighted by Gasteiger charge is 2.15. The van der Waals surface area contributed by atoms with E-state index in [2.05, 4.69) is 5.32 Å². The molecule has 2 aromatic carbocycles. The van der Waals surface area contributed by atoms with E-state index in [-0.39, 0.29) is 16.6 Å². The second-order valence-electron chi connectivity index (χ2n) is 5.72. The van der Waals surface area contributed by atoms with Gasteiger partial charge in [0.2, 0.25) is 15.9 Å². The largest absolute Gasteiger partial charge is 0.376 e. The predicted molar refractivity (Wildman–Crippen MR) is 103 cm³/mol. The van der Waals surface area contributed by atoms with Crippen LogP contribution >= 0.6 is 11.8 Å². The molecule has 0 fully saturated rings. The number of primary sulfonamides is 1. The summed E-state index contributed by atoms with van der Waals surface area (Å²) in [6.07, 6.45) is 0. The van der Waals surface area contributed by atoms with Crippen molar-refractivity contribution < 1.29 is 13.2 Å². The molecule has 25 heavy (non-hydrogen) atoms. The Morgan fingerprint density at radius 1 is 1.20 bits per heavy atom. The summed E-state index contributed by atoms with van der Waals surface area (Å²) in [4.78, 5) is 15.1. The third kappa shape index (κ3) is 5.22. The lowest BCUT2D eigenvalue weighted by Crippen LogP contribution is -2.19. The maximum atomic E-state index is 12.3. The molecule has 0 saturated heterocycles. The molecule has 134 valence electrons. The van der Waals surface area contributed by atoms with Crippen LogP contribution in [0, 0.1) is 6.92 Å². The highest BCUT2D eigenvalue weighted by Crippen LogP contribution is 2.28. The van der Waals surface area contributed by atoms with Crippen molar-refractivity contribution in [2.45, 2.75) is 16.7 Å². The fourth-order valence-electron chi connectivity index (χ4n) is 2.23. The molecular formula is C17H21N3O3S2. The molecule has 0 aliphatic rings. The molecule has 2 aromatic rings. The van der Waals surface area contributed by atoms with Crippen molar-refractivity contribution in [1.29, 1.82) is 0 Å². The Morgan fingerprint density at radius 3 is 2.48 bits per heavy atom. The molecule has 0 aliphatic heterocycles. The van der Waals surface area contributed by atoms with Crippen LogP contribution in [0.2, 0.25) is 0 Å². The van der Waals surface area contributed by atoms with Gasteiger partial charge in [-0.1, -0.05) is 18.2 Å². The number of hydrogen-bond donors (Lipinski definition) is 2. The summed E-state index contributed by atoms with van der Waals surface area (Å²) in [5, 5.41) is 7.95. The topological polar surface area (TPSA) is 92.5 Å². The Kier molecular flexibility index (Phi) is 6.10. The summed E-state index contributed by atoms with van der Waals surface area (Å²) in [5.41, 5.74) is 2.21. The molecule has 0 aliphatic carbocycles. The molecular weight excluding hydrogens is 358 g/mol. The number of hydrogen-bond acceptors (Lipinski definition) is 5. The first kappa shape index (κ1) is 19.3. The molecule has 2 rings (SSSR count). The second kappa shape index (κ2) is 7.90. The quantitative estimate of drug-likeness (QED) is 0.752. The van der Waals surface area contributed by atoms with Gasteiger partial charge in [0, 0.05) is 19.0 Å². The van der Waals surface area contributed by atoms with Crippen molar-refractivity contribution in [3.05, 3.63) is 48.0 Å². The summed E-state index contributed by atoms with van der Waals surface area (Å²) in [5.74, 6) is 0.0000517. The van der Waals surface area contributed by atoms with Gasteiger partial charge in [-0.15, -0.1) is 11.8 Å². The van der Waals surface area contributed by atoms with Crippen LogP contribution < -0.4 is 15.4 Å². The Balaban J connectivity index is 2.17. The normalized spacial score (nSPS) is 11.2. The van der Waals surface area contributed by atoms with E-state index in [1.807, 2.05) is 45.3 Å². The monoisotopic (exact) mass is 379 g/mol. The summed E-state index contributed by atoms with van der Waals surface area (Å²) in [6.45, 7) is 1.99. The van der Waals surface area contributed by atoms with E-state index in [4.69, 9.17) is 5.14 Å². The van der Waals surface area contributed by atoms with Crippen molar-refractivity contribution in [1.82, 2.24) is 0 Å². The highest BCUT2D eigenvalue weighted by molar-refractivity contribution is 8.00. The molecule has 3 N–H and O–H groups in total. The minimum atomic E-state index is -3.84. The molecule has 0 saturated carbocycles. The number of sulfonamides is 1. The standard InChI is InChI=1S/C17H21N3O3S2/c1-12-6-4-5-7-16(12)24-11-17(21)19-14-10-13(25(18,22)23)8-9-15(14)20(2)3/h4-10H,11H2,1-3H3,(H,19,21)(H2,18,22,23). The first-order valence-corrected chi connectivity index (χ1v) is 10.0. The van der Waals surface area contributed by atoms with Crippen LogP contribution in [0.1, 0.15) is 5.56 Å². The number of nitrogens with zero attached hydrogens (tertiary/aromatic N) is 1. The predicted octanol–water partition coefficient (Wildman–Crippen LogP) is 2.44. The molecule has 0 spiro atoms. The number of benzene rings is 2. The van der Waals surface area contributed by atoms with E-state index in [1.54, 1.807) is 11.0 Å². The Hall–Kier alpha value is -2.03. The van der Waals surface area contributed by atoms with Gasteiger partial charge in [-0.2, -0.15) is 0 Å². The summed E-state index contributed by atoms with van der Waals surface area (Å²) in [6, 6.07) is 12.2. The number of carbonyl (C=O) groups excluding carboxylic acids is 1. The van der Waals surface area contributed by atoms with Crippen LogP contribution in [-0.2, 0) is 14.8 Å². The molecule has 6 nitrogen and oxygen atoms in total. The minimum Gasteiger partial charge on any atom is -0.376 e. The summed E-state index contributed by atoms with van der Waals surface area (Å²) >= 11 is 1.43. The fourth-order valence-corrected chi connectivity index (χ4v) is 3.60. The first-order chi connectivity index (χ1) is 11.7. The zero-order valence-electron chi connectivity index (χ0n) is 14.3. The highest BCUT2D eigenvalue weighted by atomic mass is 32.2. The minimum absolute atomic E-state index is 0.0417. The van der Waals surface area contributed by atoms with E-state index >= 15 is 0 Å². The zero-order chi connectivity index (χ0) is 18.6. The number of carbonyl (C=O) groups is 1. The van der Waals surface area contributed by atoms with Crippen LogP contribution in [0.3, 0.4) is 0 Å². The van der Waals surface area contributed by atoms with E-state index < -0.39 is 10.0 Å². The molecule has 0 unspecified atom stereocenters. The van der Waals surface area contributed by atoms with Crippen molar-refractivity contribution in [2.24, 2.45) is 5.14 Å². The smallest absolute Gasteiger partial charge is 0.238 e. The van der Waals surface area contributed by atoms with E-state index in [1.165, 1.54) is 23.9 Å². The number of rotatable bonds is 6. The first-order valence-electron chi connectivity index (χ1n) is 7.51. The van der Waals surface area contributed by atoms with Crippen molar-refractivity contribution in [2.75, 3.05) is 30.1 Å². The lowest BCUT2D eigenvalue weighted by atomic mass is 10.2. The number of amides is 1. The van der Waals surface area contributed by atoms with Crippen LogP contribution in [0.4, 0.5) is 11.4 Å². The van der Waals surface area contributed by atoms with Gasteiger partial charge in [-0.05, 0) is 36.8 Å². The molecule has 8 heteroatoms. The Bertz CT molecular complexity index is 880. The van der Waals surface area contributed by atoms with Crippen molar-refractivity contribution >= 4 is 39.1 Å². The average molecular weight is 380 g/mol. The molecule has 0 bridgehead atoms. The lowest BCUT2D eigenvalue weighted by Gasteiger charge is -2.18. The maximum Gasteiger partial charge on any atom is 0.238 e. The second-order valence-corrected chi connectivity index (χ2v) is 8.30. The van der Waals surface area contributed by atoms with Crippen molar-refractivity contribution in [3.8, 4) is 0 Å². The third-order valence-electron chi connectivity index (χ3n) is 3.50. The number of nitrogens with one attached hydrogen (secondary N) is 1. The van der Waals surface area contributed by atoms with Crippen LogP contribution in [-0.4, -0.2) is 34.2 Å². The van der Waals surface area contributed by atoms with Gasteiger partial charge in [0.15, 0.2) is 0 Å². The van der Waals surface area contributed by atoms with Crippen LogP contribution in [0.15, 0.2) is 52.3 Å². The SMILES string of the molecule is Cc1ccccc1SCC(=O)Nc1cc(S(N)(=O)=O)ccc1N(C)C.